The number of hydrogen-bond donors (Lipinski definition) is 2. The van der Waals surface area contributed by atoms with Crippen molar-refractivity contribution in [2.45, 2.75) is 25.2 Å². The molecular weight excluding hydrogens is 312 g/mol. The molecule has 124 valence electrons. The van der Waals surface area contributed by atoms with E-state index in [1.807, 2.05) is 26.0 Å². The molecule has 0 fully saturated rings. The van der Waals surface area contributed by atoms with E-state index in [2.05, 4.69) is 4.72 Å². The van der Waals surface area contributed by atoms with E-state index in [0.717, 1.165) is 16.7 Å². The highest BCUT2D eigenvalue weighted by Crippen LogP contribution is 2.26. The summed E-state index contributed by atoms with van der Waals surface area (Å²) in [6.45, 7) is 3.99. The molecule has 6 heteroatoms. The molecule has 5 nitrogen and oxygen atoms in total. The van der Waals surface area contributed by atoms with Crippen molar-refractivity contribution in [2.24, 2.45) is 0 Å². The predicted octanol–water partition coefficient (Wildman–Crippen LogP) is 2.42. The largest absolute Gasteiger partial charge is 0.496 e. The fourth-order valence-corrected chi connectivity index (χ4v) is 3.69. The number of nitrogen functional groups attached to an aromatic ring is 1. The Labute approximate surface area is 137 Å². The molecule has 23 heavy (non-hydrogen) atoms. The van der Waals surface area contributed by atoms with Crippen LogP contribution in [0.3, 0.4) is 0 Å². The van der Waals surface area contributed by atoms with Gasteiger partial charge in [0.2, 0.25) is 10.0 Å². The maximum Gasteiger partial charge on any atom is 0.240 e. The van der Waals surface area contributed by atoms with Gasteiger partial charge in [0.15, 0.2) is 0 Å². The molecule has 0 heterocycles. The number of ether oxygens (including phenoxy) is 1. The predicted molar refractivity (Wildman–Crippen MR) is 92.2 cm³/mol. The summed E-state index contributed by atoms with van der Waals surface area (Å²) in [5.74, 6) is 0.714. The molecule has 0 bridgehead atoms. The Morgan fingerprint density at radius 2 is 1.65 bits per heavy atom. The van der Waals surface area contributed by atoms with Gasteiger partial charge in [-0.05, 0) is 61.2 Å². The van der Waals surface area contributed by atoms with Crippen LogP contribution in [0.15, 0.2) is 41.3 Å². The van der Waals surface area contributed by atoms with Crippen molar-refractivity contribution < 1.29 is 13.2 Å². The molecule has 3 N–H and O–H groups in total. The molecule has 2 aromatic carbocycles. The van der Waals surface area contributed by atoms with Crippen LogP contribution < -0.4 is 15.2 Å². The molecule has 2 aromatic rings. The number of hydrogen-bond acceptors (Lipinski definition) is 4. The second-order valence-electron chi connectivity index (χ2n) is 5.48. The Kier molecular flexibility index (Phi) is 5.28. The summed E-state index contributed by atoms with van der Waals surface area (Å²) in [4.78, 5) is 0.255. The number of nitrogens with two attached hydrogens (primary N) is 1. The molecule has 0 saturated carbocycles. The van der Waals surface area contributed by atoms with Crippen molar-refractivity contribution in [3.8, 4) is 5.75 Å². The summed E-state index contributed by atoms with van der Waals surface area (Å²) in [5.41, 5.74) is 8.95. The average Bonchev–Trinajstić information content (AvgIpc) is 2.49. The van der Waals surface area contributed by atoms with Crippen LogP contribution in [0.1, 0.15) is 16.7 Å². The van der Waals surface area contributed by atoms with Gasteiger partial charge in [-0.1, -0.05) is 12.1 Å². The molecule has 0 spiro atoms. The van der Waals surface area contributed by atoms with Crippen LogP contribution in [-0.4, -0.2) is 22.1 Å². The van der Waals surface area contributed by atoms with Crippen molar-refractivity contribution in [3.63, 3.8) is 0 Å². The van der Waals surface area contributed by atoms with Crippen molar-refractivity contribution in [1.29, 1.82) is 0 Å². The van der Waals surface area contributed by atoms with Gasteiger partial charge in [0.1, 0.15) is 5.75 Å². The Bertz CT molecular complexity index is 761. The summed E-state index contributed by atoms with van der Waals surface area (Å²) in [5, 5.41) is 0. The number of sulfonamides is 1. The zero-order valence-electron chi connectivity index (χ0n) is 13.6. The van der Waals surface area contributed by atoms with Gasteiger partial charge in [-0.25, -0.2) is 13.1 Å². The van der Waals surface area contributed by atoms with Crippen LogP contribution in [0.4, 0.5) is 5.69 Å². The Balaban J connectivity index is 2.08. The summed E-state index contributed by atoms with van der Waals surface area (Å²) >= 11 is 0. The first-order chi connectivity index (χ1) is 10.8. The molecule has 0 radical (unpaired) electrons. The summed E-state index contributed by atoms with van der Waals surface area (Å²) in [6, 6.07) is 10.6. The van der Waals surface area contributed by atoms with Crippen LogP contribution in [0.2, 0.25) is 0 Å². The zero-order valence-corrected chi connectivity index (χ0v) is 14.4. The number of nitrogens with one attached hydrogen (secondary N) is 1. The minimum Gasteiger partial charge on any atom is -0.496 e. The first kappa shape index (κ1) is 17.3. The number of rotatable bonds is 6. The molecule has 0 unspecified atom stereocenters. The lowest BCUT2D eigenvalue weighted by Gasteiger charge is -2.12. The third kappa shape index (κ3) is 4.24. The molecule has 0 amide bonds. The normalized spacial score (nSPS) is 11.4. The fourth-order valence-electron chi connectivity index (χ4n) is 2.49. The van der Waals surface area contributed by atoms with E-state index >= 15 is 0 Å². The SMILES string of the molecule is COc1c(C)cc(S(=O)(=O)NCCc2ccc(N)cc2)cc1C. The van der Waals surface area contributed by atoms with Gasteiger partial charge in [-0.15, -0.1) is 0 Å². The molecule has 0 aliphatic carbocycles. The van der Waals surface area contributed by atoms with E-state index in [4.69, 9.17) is 10.5 Å². The molecule has 0 saturated heterocycles. The minimum atomic E-state index is -3.54. The molecular formula is C17H22N2O3S. The molecule has 0 aromatic heterocycles. The molecule has 0 atom stereocenters. The van der Waals surface area contributed by atoms with Gasteiger partial charge in [-0.3, -0.25) is 0 Å². The topological polar surface area (TPSA) is 81.4 Å². The Morgan fingerprint density at radius 3 is 2.17 bits per heavy atom. The summed E-state index contributed by atoms with van der Waals surface area (Å²) in [6.07, 6.45) is 0.605. The van der Waals surface area contributed by atoms with Crippen molar-refractivity contribution in [2.75, 3.05) is 19.4 Å². The Hall–Kier alpha value is -2.05. The van der Waals surface area contributed by atoms with Crippen molar-refractivity contribution in [1.82, 2.24) is 4.72 Å². The standard InChI is InChI=1S/C17H22N2O3S/c1-12-10-16(11-13(2)17(12)22-3)23(20,21)19-9-8-14-4-6-15(18)7-5-14/h4-7,10-11,19H,8-9,18H2,1-3H3. The highest BCUT2D eigenvalue weighted by atomic mass is 32.2. The first-order valence-electron chi connectivity index (χ1n) is 7.33. The summed E-state index contributed by atoms with van der Waals surface area (Å²) in [7, 11) is -1.96. The number of aryl methyl sites for hydroxylation is 2. The maximum atomic E-state index is 12.4. The van der Waals surface area contributed by atoms with E-state index in [9.17, 15) is 8.42 Å². The second-order valence-corrected chi connectivity index (χ2v) is 7.25. The van der Waals surface area contributed by atoms with E-state index < -0.39 is 10.0 Å². The quantitative estimate of drug-likeness (QED) is 0.795. The van der Waals surface area contributed by atoms with Crippen LogP contribution >= 0.6 is 0 Å². The molecule has 0 aliphatic heterocycles. The third-order valence-corrected chi connectivity index (χ3v) is 5.07. The van der Waals surface area contributed by atoms with Gasteiger partial charge in [0, 0.05) is 12.2 Å². The number of methoxy groups -OCH3 is 1. The molecule has 2 rings (SSSR count). The van der Waals surface area contributed by atoms with Crippen LogP contribution in [0.5, 0.6) is 5.75 Å². The lowest BCUT2D eigenvalue weighted by atomic mass is 10.1. The number of anilines is 1. The zero-order chi connectivity index (χ0) is 17.0. The maximum absolute atomic E-state index is 12.4. The summed E-state index contributed by atoms with van der Waals surface area (Å²) < 4.78 is 32.7. The third-order valence-electron chi connectivity index (χ3n) is 3.63. The lowest BCUT2D eigenvalue weighted by Crippen LogP contribution is -2.26. The average molecular weight is 334 g/mol. The molecule has 0 aliphatic rings. The van der Waals surface area contributed by atoms with Crippen LogP contribution in [0, 0.1) is 13.8 Å². The monoisotopic (exact) mass is 334 g/mol. The van der Waals surface area contributed by atoms with Gasteiger partial charge >= 0.3 is 0 Å². The van der Waals surface area contributed by atoms with Crippen LogP contribution in [0.25, 0.3) is 0 Å². The highest BCUT2D eigenvalue weighted by molar-refractivity contribution is 7.89. The fraction of sp³-hybridized carbons (Fsp3) is 0.294. The van der Waals surface area contributed by atoms with Crippen LogP contribution in [-0.2, 0) is 16.4 Å². The smallest absolute Gasteiger partial charge is 0.240 e. The minimum absolute atomic E-state index is 0.255. The van der Waals surface area contributed by atoms with Crippen molar-refractivity contribution >= 4 is 15.7 Å². The van der Waals surface area contributed by atoms with Gasteiger partial charge < -0.3 is 10.5 Å². The first-order valence-corrected chi connectivity index (χ1v) is 8.81. The van der Waals surface area contributed by atoms with E-state index in [-0.39, 0.29) is 4.90 Å². The highest BCUT2D eigenvalue weighted by Gasteiger charge is 2.16. The lowest BCUT2D eigenvalue weighted by molar-refractivity contribution is 0.408. The van der Waals surface area contributed by atoms with Gasteiger partial charge in [0.05, 0.1) is 12.0 Å². The second kappa shape index (κ2) is 7.02. The van der Waals surface area contributed by atoms with Gasteiger partial charge in [0.25, 0.3) is 0 Å². The number of benzene rings is 2. The van der Waals surface area contributed by atoms with Crippen molar-refractivity contribution in [3.05, 3.63) is 53.1 Å². The van der Waals surface area contributed by atoms with E-state index in [1.54, 1.807) is 31.4 Å². The van der Waals surface area contributed by atoms with E-state index in [0.29, 0.717) is 24.4 Å². The van der Waals surface area contributed by atoms with E-state index in [1.165, 1.54) is 0 Å². The Morgan fingerprint density at radius 1 is 1.09 bits per heavy atom. The van der Waals surface area contributed by atoms with Gasteiger partial charge in [-0.2, -0.15) is 0 Å².